The van der Waals surface area contributed by atoms with E-state index in [1.807, 2.05) is 0 Å². The lowest BCUT2D eigenvalue weighted by molar-refractivity contribution is 0.507. The lowest BCUT2D eigenvalue weighted by Crippen LogP contribution is -2.33. The number of rotatable bonds is 5. The van der Waals surface area contributed by atoms with Gasteiger partial charge in [-0.25, -0.2) is 4.98 Å². The second-order valence-electron chi connectivity index (χ2n) is 3.60. The predicted molar refractivity (Wildman–Crippen MR) is 59.9 cm³/mol. The molecule has 15 heavy (non-hydrogen) atoms. The zero-order chi connectivity index (χ0) is 10.7. The molecule has 1 saturated carbocycles. The summed E-state index contributed by atoms with van der Waals surface area (Å²) in [5.74, 6) is 0. The molecule has 2 rings (SSSR count). The maximum Gasteiger partial charge on any atom is 0.183 e. The normalized spacial score (nSPS) is 17.1. The molecule has 0 amide bonds. The van der Waals surface area contributed by atoms with Gasteiger partial charge in [0.1, 0.15) is 0 Å². The molecule has 0 aromatic carbocycles. The highest BCUT2D eigenvalue weighted by Gasteiger charge is 2.41. The molecule has 1 N–H and O–H groups in total. The van der Waals surface area contributed by atoms with Gasteiger partial charge >= 0.3 is 0 Å². The van der Waals surface area contributed by atoms with Gasteiger partial charge in [0.15, 0.2) is 4.47 Å². The first kappa shape index (κ1) is 10.7. The van der Waals surface area contributed by atoms with Crippen molar-refractivity contribution in [2.75, 3.05) is 6.54 Å². The fraction of sp³-hybridized carbons (Fsp3) is 0.625. The van der Waals surface area contributed by atoms with Crippen LogP contribution in [0.1, 0.15) is 17.7 Å². The molecule has 7 heteroatoms. The minimum absolute atomic E-state index is 0.0305. The summed E-state index contributed by atoms with van der Waals surface area (Å²) < 4.78 is 0.562. The number of halogens is 1. The van der Waals surface area contributed by atoms with E-state index in [-0.39, 0.29) is 5.54 Å². The number of nitrogens with one attached hydrogen (secondary N) is 1. The van der Waals surface area contributed by atoms with E-state index in [0.29, 0.717) is 11.0 Å². The molecular formula is C8H10ClN5S. The minimum atomic E-state index is 0.0305. The number of hydrogen-bond donors (Lipinski definition) is 1. The van der Waals surface area contributed by atoms with Gasteiger partial charge in [0.2, 0.25) is 0 Å². The van der Waals surface area contributed by atoms with Gasteiger partial charge in [0.05, 0.1) is 0 Å². The summed E-state index contributed by atoms with van der Waals surface area (Å²) in [6.07, 6.45) is 3.90. The molecule has 1 aliphatic carbocycles. The van der Waals surface area contributed by atoms with E-state index in [2.05, 4.69) is 20.3 Å². The van der Waals surface area contributed by atoms with Gasteiger partial charge in [-0.15, -0.1) is 11.3 Å². The summed E-state index contributed by atoms with van der Waals surface area (Å²) in [6, 6.07) is 0. The molecule has 0 radical (unpaired) electrons. The van der Waals surface area contributed by atoms with E-state index in [1.165, 1.54) is 11.3 Å². The highest BCUT2D eigenvalue weighted by Crippen LogP contribution is 2.36. The number of aromatic nitrogens is 1. The van der Waals surface area contributed by atoms with Crippen molar-refractivity contribution in [1.29, 1.82) is 0 Å². The monoisotopic (exact) mass is 243 g/mol. The molecule has 0 unspecified atom stereocenters. The lowest BCUT2D eigenvalue weighted by Gasteiger charge is -2.12. The van der Waals surface area contributed by atoms with Crippen LogP contribution in [0, 0.1) is 0 Å². The van der Waals surface area contributed by atoms with Crippen molar-refractivity contribution in [3.05, 3.63) is 26.0 Å². The first-order valence-electron chi connectivity index (χ1n) is 4.60. The van der Waals surface area contributed by atoms with Crippen LogP contribution in [0.5, 0.6) is 0 Å². The van der Waals surface area contributed by atoms with E-state index in [0.717, 1.165) is 24.3 Å². The maximum absolute atomic E-state index is 8.25. The van der Waals surface area contributed by atoms with E-state index in [1.54, 1.807) is 6.20 Å². The zero-order valence-electron chi connectivity index (χ0n) is 7.98. The van der Waals surface area contributed by atoms with Crippen LogP contribution in [0.15, 0.2) is 11.3 Å². The smallest absolute Gasteiger partial charge is 0.183 e. The average Bonchev–Trinajstić information content (AvgIpc) is 2.89. The SMILES string of the molecule is [N-]=[N+]=NCC1(NCc2cnc(Cl)s2)CC1. The van der Waals surface area contributed by atoms with Crippen molar-refractivity contribution >= 4 is 22.9 Å². The summed E-state index contributed by atoms with van der Waals surface area (Å²) in [5.41, 5.74) is 8.28. The Morgan fingerprint density at radius 3 is 3.07 bits per heavy atom. The summed E-state index contributed by atoms with van der Waals surface area (Å²) >= 11 is 7.19. The number of hydrogen-bond acceptors (Lipinski definition) is 4. The van der Waals surface area contributed by atoms with Crippen molar-refractivity contribution in [2.24, 2.45) is 5.11 Å². The van der Waals surface area contributed by atoms with Crippen LogP contribution < -0.4 is 5.32 Å². The van der Waals surface area contributed by atoms with Crippen LogP contribution in [0.2, 0.25) is 4.47 Å². The van der Waals surface area contributed by atoms with Gasteiger partial charge in [-0.05, 0) is 18.4 Å². The zero-order valence-corrected chi connectivity index (χ0v) is 9.55. The Hall–Kier alpha value is -0.810. The third-order valence-electron chi connectivity index (χ3n) is 2.45. The van der Waals surface area contributed by atoms with Gasteiger partial charge in [0.25, 0.3) is 0 Å². The summed E-state index contributed by atoms with van der Waals surface area (Å²) in [6.45, 7) is 1.27. The number of nitrogens with zero attached hydrogens (tertiary/aromatic N) is 4. The molecule has 1 aromatic heterocycles. The van der Waals surface area contributed by atoms with Crippen LogP contribution in [0.3, 0.4) is 0 Å². The van der Waals surface area contributed by atoms with Gasteiger partial charge in [-0.1, -0.05) is 16.7 Å². The van der Waals surface area contributed by atoms with Crippen molar-refractivity contribution in [1.82, 2.24) is 10.3 Å². The third-order valence-corrected chi connectivity index (χ3v) is 3.57. The van der Waals surface area contributed by atoms with Crippen LogP contribution in [-0.2, 0) is 6.54 Å². The molecule has 5 nitrogen and oxygen atoms in total. The number of azide groups is 1. The molecule has 1 aromatic rings. The van der Waals surface area contributed by atoms with Gasteiger partial charge in [-0.2, -0.15) is 0 Å². The molecule has 1 aliphatic rings. The largest absolute Gasteiger partial charge is 0.306 e. The first-order chi connectivity index (χ1) is 7.24. The predicted octanol–water partition coefficient (Wildman–Crippen LogP) is 2.73. The second-order valence-corrected chi connectivity index (χ2v) is 5.30. The molecule has 0 bridgehead atoms. The van der Waals surface area contributed by atoms with E-state index >= 15 is 0 Å². The van der Waals surface area contributed by atoms with Gasteiger partial charge in [-0.3, -0.25) is 0 Å². The molecule has 0 spiro atoms. The fourth-order valence-electron chi connectivity index (χ4n) is 1.35. The second kappa shape index (κ2) is 4.37. The molecular weight excluding hydrogens is 234 g/mol. The van der Waals surface area contributed by atoms with Crippen LogP contribution in [0.4, 0.5) is 0 Å². The highest BCUT2D eigenvalue weighted by molar-refractivity contribution is 7.15. The van der Waals surface area contributed by atoms with Crippen molar-refractivity contribution in [3.63, 3.8) is 0 Å². The molecule has 0 saturated heterocycles. The molecule has 0 aliphatic heterocycles. The topological polar surface area (TPSA) is 73.7 Å². The van der Waals surface area contributed by atoms with Gasteiger partial charge < -0.3 is 5.32 Å². The minimum Gasteiger partial charge on any atom is -0.306 e. The van der Waals surface area contributed by atoms with Gasteiger partial charge in [0, 0.05) is 34.6 Å². The van der Waals surface area contributed by atoms with E-state index < -0.39 is 0 Å². The first-order valence-corrected chi connectivity index (χ1v) is 5.80. The average molecular weight is 244 g/mol. The summed E-state index contributed by atoms with van der Waals surface area (Å²) in [7, 11) is 0. The van der Waals surface area contributed by atoms with Crippen molar-refractivity contribution in [2.45, 2.75) is 24.9 Å². The van der Waals surface area contributed by atoms with Crippen LogP contribution in [0.25, 0.3) is 10.4 Å². The van der Waals surface area contributed by atoms with Crippen LogP contribution >= 0.6 is 22.9 Å². The molecule has 1 heterocycles. The standard InChI is InChI=1S/C8H10ClN5S/c9-7-11-3-6(15-7)4-12-8(1-2-8)5-13-14-10/h3,12H,1-2,4-5H2. The Balaban J connectivity index is 1.85. The van der Waals surface area contributed by atoms with Crippen molar-refractivity contribution in [3.8, 4) is 0 Å². The Bertz CT molecular complexity index is 393. The summed E-state index contributed by atoms with van der Waals surface area (Å²) in [5, 5.41) is 6.98. The maximum atomic E-state index is 8.25. The third kappa shape index (κ3) is 2.82. The Morgan fingerprint density at radius 2 is 2.53 bits per heavy atom. The molecule has 0 atom stereocenters. The Morgan fingerprint density at radius 1 is 1.73 bits per heavy atom. The quantitative estimate of drug-likeness (QED) is 0.491. The number of thiazole rings is 1. The Labute approximate surface area is 96.1 Å². The Kier molecular flexibility index (Phi) is 3.11. The lowest BCUT2D eigenvalue weighted by atomic mass is 10.3. The molecule has 1 fully saturated rings. The van der Waals surface area contributed by atoms with E-state index in [4.69, 9.17) is 17.1 Å². The van der Waals surface area contributed by atoms with E-state index in [9.17, 15) is 0 Å². The highest BCUT2D eigenvalue weighted by atomic mass is 35.5. The van der Waals surface area contributed by atoms with Crippen molar-refractivity contribution < 1.29 is 0 Å². The fourth-order valence-corrected chi connectivity index (χ4v) is 2.27. The summed E-state index contributed by atoms with van der Waals surface area (Å²) in [4.78, 5) is 7.84. The molecule has 80 valence electrons. The van der Waals surface area contributed by atoms with Crippen LogP contribution in [-0.4, -0.2) is 17.1 Å².